The van der Waals surface area contributed by atoms with E-state index in [1.165, 1.54) is 0 Å². The molecule has 0 saturated carbocycles. The molecule has 3 aliphatic heterocycles. The van der Waals surface area contributed by atoms with Crippen molar-refractivity contribution in [1.29, 1.82) is 0 Å². The molecule has 1 aromatic carbocycles. The van der Waals surface area contributed by atoms with Crippen LogP contribution in [0.2, 0.25) is 0 Å². The molecule has 0 aromatic heterocycles. The Labute approximate surface area is 167 Å². The smallest absolute Gasteiger partial charge is 0.258 e. The van der Waals surface area contributed by atoms with Gasteiger partial charge < -0.3 is 4.90 Å². The quantitative estimate of drug-likeness (QED) is 0.777. The number of nitrogens with one attached hydrogen (secondary N) is 1. The number of rotatable bonds is 2. The normalized spacial score (nSPS) is 29.4. The first-order valence-electron chi connectivity index (χ1n) is 11.1. The fourth-order valence-electron chi connectivity index (χ4n) is 3.68. The van der Waals surface area contributed by atoms with Crippen LogP contribution in [-0.4, -0.2) is 52.1 Å². The van der Waals surface area contributed by atoms with E-state index in [9.17, 15) is 14.4 Å². The molecular weight excluding hydrogens is 368 g/mol. The minimum atomic E-state index is -2.31. The van der Waals surface area contributed by atoms with E-state index >= 15 is 8.78 Å². The number of benzene rings is 1. The number of fused-ring (bicyclic) bond motifs is 1. The Bertz CT molecular complexity index is 1040. The second-order valence-corrected chi connectivity index (χ2v) is 8.23. The van der Waals surface area contributed by atoms with Gasteiger partial charge in [0.1, 0.15) is 6.04 Å². The number of imide groups is 1. The first kappa shape index (κ1) is 14.6. The van der Waals surface area contributed by atoms with Crippen LogP contribution in [0.5, 0.6) is 0 Å². The summed E-state index contributed by atoms with van der Waals surface area (Å²) in [4.78, 5) is 38.4. The van der Waals surface area contributed by atoms with E-state index in [1.807, 2.05) is 0 Å². The largest absolute Gasteiger partial charge is 0.322 e. The Balaban J connectivity index is 1.74. The average molecular weight is 395 g/mol. The maximum atomic E-state index is 15.1. The molecule has 3 amide bonds. The van der Waals surface area contributed by atoms with Gasteiger partial charge >= 0.3 is 0 Å². The van der Waals surface area contributed by atoms with Gasteiger partial charge in [0.25, 0.3) is 5.91 Å². The van der Waals surface area contributed by atoms with E-state index < -0.39 is 71.0 Å². The lowest BCUT2D eigenvalue weighted by Gasteiger charge is -2.48. The molecule has 1 atom stereocenters. The first-order chi connectivity index (χ1) is 14.6. The van der Waals surface area contributed by atoms with Crippen molar-refractivity contribution < 1.29 is 28.6 Å². The highest BCUT2D eigenvalue weighted by atomic mass is 19.2. The van der Waals surface area contributed by atoms with Gasteiger partial charge in [-0.3, -0.25) is 24.6 Å². The van der Waals surface area contributed by atoms with Crippen molar-refractivity contribution in [3.05, 3.63) is 34.4 Å². The van der Waals surface area contributed by atoms with Crippen LogP contribution in [0.15, 0.2) is 6.07 Å². The Kier molecular flexibility index (Phi) is 3.31. The van der Waals surface area contributed by atoms with E-state index in [4.69, 9.17) is 5.48 Å². The maximum Gasteiger partial charge on any atom is 0.258 e. The summed E-state index contributed by atoms with van der Waals surface area (Å²) >= 11 is 0. The predicted molar refractivity (Wildman–Crippen MR) is 96.5 cm³/mol. The molecule has 4 rings (SSSR count). The van der Waals surface area contributed by atoms with E-state index in [0.717, 1.165) is 15.9 Å². The molecule has 2 fully saturated rings. The van der Waals surface area contributed by atoms with Gasteiger partial charge in [-0.05, 0) is 44.4 Å². The average Bonchev–Trinajstić information content (AvgIpc) is 2.93. The standard InChI is InChI=1S/C20H23F2N3O3/c1-20(2,3)24-7-11(8-24)12-6-10-9-25(13-4-5-14(26)23-18(13)27)19(28)15(10)17(22)16(12)21/h6,11,13H,4-5,7-9H2,1-3H3,(H,23,26,27)/t13-/m0/s1/i7D2,8D2. The molecule has 0 aliphatic carbocycles. The molecule has 3 heterocycles. The van der Waals surface area contributed by atoms with Crippen molar-refractivity contribution in [2.24, 2.45) is 0 Å². The fraction of sp³-hybridized carbons (Fsp3) is 0.550. The third-order valence-corrected chi connectivity index (χ3v) is 5.22. The topological polar surface area (TPSA) is 69.7 Å². The molecule has 1 aromatic rings. The summed E-state index contributed by atoms with van der Waals surface area (Å²) in [6.07, 6.45) is 0.0549. The van der Waals surface area contributed by atoms with Crippen LogP contribution in [0.1, 0.15) is 66.5 Å². The van der Waals surface area contributed by atoms with Crippen LogP contribution in [0.3, 0.4) is 0 Å². The van der Waals surface area contributed by atoms with Crippen molar-refractivity contribution in [3.63, 3.8) is 0 Å². The van der Waals surface area contributed by atoms with Crippen LogP contribution in [0, 0.1) is 11.6 Å². The van der Waals surface area contributed by atoms with E-state index in [1.54, 1.807) is 20.8 Å². The zero-order chi connectivity index (χ0) is 24.0. The lowest BCUT2D eigenvalue weighted by Crippen LogP contribution is -2.54. The Morgan fingerprint density at radius 3 is 2.46 bits per heavy atom. The van der Waals surface area contributed by atoms with Gasteiger partial charge in [-0.15, -0.1) is 0 Å². The van der Waals surface area contributed by atoms with Gasteiger partial charge in [0.15, 0.2) is 11.6 Å². The van der Waals surface area contributed by atoms with E-state index in [-0.39, 0.29) is 24.9 Å². The van der Waals surface area contributed by atoms with Crippen molar-refractivity contribution in [2.45, 2.75) is 57.7 Å². The van der Waals surface area contributed by atoms with Crippen LogP contribution in [0.25, 0.3) is 0 Å². The lowest BCUT2D eigenvalue weighted by atomic mass is 9.85. The summed E-state index contributed by atoms with van der Waals surface area (Å²) < 4.78 is 63.6. The second kappa shape index (κ2) is 6.34. The number of carbonyl (C=O) groups is 3. The number of amides is 3. The number of likely N-dealkylation sites (tertiary alicyclic amines) is 1. The van der Waals surface area contributed by atoms with Crippen LogP contribution in [-0.2, 0) is 16.1 Å². The number of piperidine rings is 1. The highest BCUT2D eigenvalue weighted by molar-refractivity contribution is 6.05. The minimum Gasteiger partial charge on any atom is -0.322 e. The SMILES string of the molecule is [2H]C1([2H])C(c2cc3c(c(F)c2F)C(=O)N([C@H]2CCC(=O)NC2=O)C3)C([2H])([2H])N1C(C)(C)C. The van der Waals surface area contributed by atoms with Crippen molar-refractivity contribution >= 4 is 17.7 Å². The molecule has 2 saturated heterocycles. The third kappa shape index (κ3) is 2.90. The van der Waals surface area contributed by atoms with Gasteiger partial charge in [0.2, 0.25) is 11.8 Å². The molecule has 0 radical (unpaired) electrons. The molecule has 0 spiro atoms. The van der Waals surface area contributed by atoms with Gasteiger partial charge in [-0.2, -0.15) is 0 Å². The zero-order valence-corrected chi connectivity index (χ0v) is 15.7. The van der Waals surface area contributed by atoms with Crippen molar-refractivity contribution in [2.75, 3.05) is 13.0 Å². The summed E-state index contributed by atoms with van der Waals surface area (Å²) in [6.45, 7) is 0.00970. The first-order valence-corrected chi connectivity index (χ1v) is 9.06. The van der Waals surface area contributed by atoms with Crippen LogP contribution >= 0.6 is 0 Å². The summed E-state index contributed by atoms with van der Waals surface area (Å²) in [5.41, 5.74) is -1.92. The maximum absolute atomic E-state index is 15.1. The second-order valence-electron chi connectivity index (χ2n) is 8.23. The molecule has 28 heavy (non-hydrogen) atoms. The fourth-order valence-corrected chi connectivity index (χ4v) is 3.68. The molecule has 8 heteroatoms. The highest BCUT2D eigenvalue weighted by Crippen LogP contribution is 2.38. The predicted octanol–water partition coefficient (Wildman–Crippen LogP) is 1.92. The molecule has 0 unspecified atom stereocenters. The Morgan fingerprint density at radius 1 is 1.18 bits per heavy atom. The van der Waals surface area contributed by atoms with Crippen molar-refractivity contribution in [3.8, 4) is 0 Å². The summed E-state index contributed by atoms with van der Waals surface area (Å²) in [7, 11) is 0. The van der Waals surface area contributed by atoms with Gasteiger partial charge in [0, 0.05) is 42.9 Å². The van der Waals surface area contributed by atoms with Gasteiger partial charge in [-0.1, -0.05) is 0 Å². The van der Waals surface area contributed by atoms with E-state index in [0.29, 0.717) is 0 Å². The van der Waals surface area contributed by atoms with Crippen LogP contribution < -0.4 is 5.32 Å². The monoisotopic (exact) mass is 395 g/mol. The number of nitrogens with zero attached hydrogens (tertiary/aromatic N) is 2. The number of hydrogen-bond donors (Lipinski definition) is 1. The van der Waals surface area contributed by atoms with Crippen molar-refractivity contribution in [1.82, 2.24) is 15.1 Å². The molecule has 1 N–H and O–H groups in total. The molecule has 6 nitrogen and oxygen atoms in total. The molecule has 150 valence electrons. The molecular formula is C20H23F2N3O3. The summed E-state index contributed by atoms with van der Waals surface area (Å²) in [5, 5.41) is 2.12. The van der Waals surface area contributed by atoms with Crippen LogP contribution in [0.4, 0.5) is 8.78 Å². The lowest BCUT2D eigenvalue weighted by molar-refractivity contribution is -0.136. The van der Waals surface area contributed by atoms with Gasteiger partial charge in [0.05, 0.1) is 5.56 Å². The third-order valence-electron chi connectivity index (χ3n) is 5.22. The zero-order valence-electron chi connectivity index (χ0n) is 19.7. The Morgan fingerprint density at radius 2 is 1.86 bits per heavy atom. The highest BCUT2D eigenvalue weighted by Gasteiger charge is 2.43. The number of hydrogen-bond acceptors (Lipinski definition) is 4. The minimum absolute atomic E-state index is 0.00372. The summed E-state index contributed by atoms with van der Waals surface area (Å²) in [5.74, 6) is -6.67. The van der Waals surface area contributed by atoms with E-state index in [2.05, 4.69) is 5.32 Å². The number of carbonyl (C=O) groups excluding carboxylic acids is 3. The molecule has 0 bridgehead atoms. The Hall–Kier alpha value is -2.35. The number of halogens is 2. The molecule has 3 aliphatic rings. The summed E-state index contributed by atoms with van der Waals surface area (Å²) in [6, 6.07) is 0.106. The van der Waals surface area contributed by atoms with Gasteiger partial charge in [-0.25, -0.2) is 8.78 Å².